The van der Waals surface area contributed by atoms with Crippen LogP contribution in [0.1, 0.15) is 22.8 Å². The Morgan fingerprint density at radius 3 is 2.18 bits per heavy atom. The van der Waals surface area contributed by atoms with Crippen LogP contribution in [0.15, 0.2) is 54.6 Å². The summed E-state index contributed by atoms with van der Waals surface area (Å²) in [4.78, 5) is 10.9. The fourth-order valence-electron chi connectivity index (χ4n) is 1.66. The number of hydrogen-bond donors (Lipinski definition) is 1. The van der Waals surface area contributed by atoms with Crippen molar-refractivity contribution < 1.29 is 19.4 Å². The average Bonchev–Trinajstić information content (AvgIpc) is 2.56. The van der Waals surface area contributed by atoms with Crippen molar-refractivity contribution in [2.24, 2.45) is 0 Å². The number of esters is 1. The van der Waals surface area contributed by atoms with Gasteiger partial charge in [-0.25, -0.2) is 4.79 Å². The van der Waals surface area contributed by atoms with Gasteiger partial charge in [-0.2, -0.15) is 0 Å². The summed E-state index contributed by atoms with van der Waals surface area (Å²) in [7, 11) is 2.94. The minimum atomic E-state index is -0.525. The molecule has 4 heteroatoms. The van der Waals surface area contributed by atoms with Crippen molar-refractivity contribution in [2.45, 2.75) is 6.92 Å². The van der Waals surface area contributed by atoms with E-state index in [1.165, 1.54) is 24.8 Å². The third-order valence-corrected chi connectivity index (χ3v) is 2.78. The number of phenolic OH excluding ortho intramolecular Hbond substituents is 1. The number of benzene rings is 2. The van der Waals surface area contributed by atoms with Crippen LogP contribution in [0.4, 0.5) is 0 Å². The summed E-state index contributed by atoms with van der Waals surface area (Å²) < 4.78 is 9.44. The van der Waals surface area contributed by atoms with Gasteiger partial charge in [-0.05, 0) is 36.8 Å². The molecule has 2 rings (SSSR count). The highest BCUT2D eigenvalue weighted by atomic mass is 16.5. The second-order valence-corrected chi connectivity index (χ2v) is 4.28. The zero-order valence-corrected chi connectivity index (χ0v) is 12.9. The molecule has 0 aromatic heterocycles. The molecule has 0 unspecified atom stereocenters. The van der Waals surface area contributed by atoms with Crippen LogP contribution in [0.25, 0.3) is 6.08 Å². The van der Waals surface area contributed by atoms with E-state index in [-0.39, 0.29) is 11.3 Å². The Hall–Kier alpha value is -2.75. The fraction of sp³-hybridized carbons (Fsp3) is 0.167. The third kappa shape index (κ3) is 5.32. The first-order chi connectivity index (χ1) is 10.6. The Labute approximate surface area is 130 Å². The molecule has 1 N–H and O–H groups in total. The summed E-state index contributed by atoms with van der Waals surface area (Å²) in [5, 5.41) is 9.11. The van der Waals surface area contributed by atoms with Gasteiger partial charge < -0.3 is 14.6 Å². The maximum atomic E-state index is 10.9. The number of ether oxygens (including phenoxy) is 2. The average molecular weight is 300 g/mol. The molecule has 0 aliphatic rings. The summed E-state index contributed by atoms with van der Waals surface area (Å²) >= 11 is 0. The Morgan fingerprint density at radius 2 is 1.68 bits per heavy atom. The van der Waals surface area contributed by atoms with Crippen molar-refractivity contribution in [3.8, 4) is 11.5 Å². The topological polar surface area (TPSA) is 55.8 Å². The zero-order chi connectivity index (χ0) is 16.4. The van der Waals surface area contributed by atoms with Crippen molar-refractivity contribution in [3.05, 3.63) is 65.7 Å². The monoisotopic (exact) mass is 300 g/mol. The van der Waals surface area contributed by atoms with Crippen molar-refractivity contribution in [1.29, 1.82) is 0 Å². The number of hydrogen-bond acceptors (Lipinski definition) is 4. The lowest BCUT2D eigenvalue weighted by Gasteiger charge is -1.99. The highest BCUT2D eigenvalue weighted by Gasteiger charge is 2.08. The van der Waals surface area contributed by atoms with Crippen molar-refractivity contribution in [1.82, 2.24) is 0 Å². The summed E-state index contributed by atoms with van der Waals surface area (Å²) in [6.45, 7) is 2.00. The zero-order valence-electron chi connectivity index (χ0n) is 12.9. The van der Waals surface area contributed by atoms with Gasteiger partial charge in [0.25, 0.3) is 0 Å². The SMILES string of the molecule is C/C=C/c1ccc(OC)cc1.COC(=O)c1ccccc1O. The molecule has 0 aliphatic heterocycles. The molecule has 0 saturated carbocycles. The molecular weight excluding hydrogens is 280 g/mol. The van der Waals surface area contributed by atoms with E-state index in [1.807, 2.05) is 37.3 Å². The number of methoxy groups -OCH3 is 2. The van der Waals surface area contributed by atoms with Crippen molar-refractivity contribution >= 4 is 12.0 Å². The number of rotatable bonds is 3. The first-order valence-electron chi connectivity index (χ1n) is 6.75. The largest absolute Gasteiger partial charge is 0.507 e. The predicted octanol–water partition coefficient (Wildman–Crippen LogP) is 3.91. The second-order valence-electron chi connectivity index (χ2n) is 4.28. The number of allylic oxidation sites excluding steroid dienone is 1. The van der Waals surface area contributed by atoms with Crippen LogP contribution in [-0.4, -0.2) is 25.3 Å². The molecule has 4 nitrogen and oxygen atoms in total. The quantitative estimate of drug-likeness (QED) is 0.873. The molecule has 0 atom stereocenters. The molecule has 0 radical (unpaired) electrons. The Bertz CT molecular complexity index is 615. The highest BCUT2D eigenvalue weighted by molar-refractivity contribution is 5.92. The van der Waals surface area contributed by atoms with Gasteiger partial charge in [-0.15, -0.1) is 0 Å². The van der Waals surface area contributed by atoms with Gasteiger partial charge in [0, 0.05) is 0 Å². The standard InChI is InChI=1S/C10H12O.C8H8O3/c1-3-4-9-5-7-10(11-2)8-6-9;1-11-8(10)6-4-2-3-5-7(6)9/h3-8H,1-2H3;2-5,9H,1H3/b4-3+;. The van der Waals surface area contributed by atoms with Crippen LogP contribution >= 0.6 is 0 Å². The van der Waals surface area contributed by atoms with Crippen LogP contribution in [0.3, 0.4) is 0 Å². The first-order valence-corrected chi connectivity index (χ1v) is 6.75. The van der Waals surface area contributed by atoms with Crippen molar-refractivity contribution in [3.63, 3.8) is 0 Å². The first kappa shape index (κ1) is 17.3. The molecule has 2 aromatic carbocycles. The molecule has 22 heavy (non-hydrogen) atoms. The van der Waals surface area contributed by atoms with Crippen LogP contribution in [-0.2, 0) is 4.74 Å². The van der Waals surface area contributed by atoms with Gasteiger partial charge in [0.05, 0.1) is 14.2 Å². The minimum absolute atomic E-state index is 0.0562. The van der Waals surface area contributed by atoms with Gasteiger partial charge in [0.2, 0.25) is 0 Å². The van der Waals surface area contributed by atoms with E-state index < -0.39 is 5.97 Å². The Balaban J connectivity index is 0.000000220. The number of aromatic hydroxyl groups is 1. The Kier molecular flexibility index (Phi) is 7.26. The number of carbonyl (C=O) groups is 1. The van der Waals surface area contributed by atoms with E-state index in [0.717, 1.165) is 5.75 Å². The lowest BCUT2D eigenvalue weighted by molar-refractivity contribution is 0.0597. The molecule has 0 spiro atoms. The predicted molar refractivity (Wildman–Crippen MR) is 87.1 cm³/mol. The maximum Gasteiger partial charge on any atom is 0.341 e. The third-order valence-electron chi connectivity index (χ3n) is 2.78. The van der Waals surface area contributed by atoms with Gasteiger partial charge >= 0.3 is 5.97 Å². The van der Waals surface area contributed by atoms with E-state index in [4.69, 9.17) is 9.84 Å². The van der Waals surface area contributed by atoms with E-state index in [9.17, 15) is 4.79 Å². The fourth-order valence-corrected chi connectivity index (χ4v) is 1.66. The minimum Gasteiger partial charge on any atom is -0.507 e. The Morgan fingerprint density at radius 1 is 1.05 bits per heavy atom. The number of para-hydroxylation sites is 1. The van der Waals surface area contributed by atoms with E-state index in [1.54, 1.807) is 19.2 Å². The molecule has 0 fully saturated rings. The van der Waals surface area contributed by atoms with Crippen LogP contribution in [0, 0.1) is 0 Å². The van der Waals surface area contributed by atoms with Gasteiger partial charge in [0.15, 0.2) is 0 Å². The van der Waals surface area contributed by atoms with Crippen molar-refractivity contribution in [2.75, 3.05) is 14.2 Å². The van der Waals surface area contributed by atoms with Crippen LogP contribution < -0.4 is 4.74 Å². The molecule has 0 saturated heterocycles. The smallest absolute Gasteiger partial charge is 0.341 e. The molecule has 2 aromatic rings. The molecule has 0 bridgehead atoms. The van der Waals surface area contributed by atoms with Crippen LogP contribution in [0.5, 0.6) is 11.5 Å². The summed E-state index contributed by atoms with van der Waals surface area (Å²) in [5.74, 6) is 0.320. The summed E-state index contributed by atoms with van der Waals surface area (Å²) in [6, 6.07) is 14.2. The molecule has 0 amide bonds. The van der Waals surface area contributed by atoms with Gasteiger partial charge in [-0.3, -0.25) is 0 Å². The normalized spacial score (nSPS) is 9.77. The summed E-state index contributed by atoms with van der Waals surface area (Å²) in [6.07, 6.45) is 4.07. The van der Waals surface area contributed by atoms with E-state index >= 15 is 0 Å². The number of carbonyl (C=O) groups excluding carboxylic acids is 1. The van der Waals surface area contributed by atoms with Crippen LogP contribution in [0.2, 0.25) is 0 Å². The molecule has 0 aliphatic carbocycles. The lowest BCUT2D eigenvalue weighted by Crippen LogP contribution is -2.00. The number of phenols is 1. The van der Waals surface area contributed by atoms with Gasteiger partial charge in [-0.1, -0.05) is 36.4 Å². The lowest BCUT2D eigenvalue weighted by atomic mass is 10.2. The second kappa shape index (κ2) is 9.23. The van der Waals surface area contributed by atoms with E-state index in [2.05, 4.69) is 10.8 Å². The molecular formula is C18H20O4. The molecule has 116 valence electrons. The maximum absolute atomic E-state index is 10.9. The van der Waals surface area contributed by atoms with E-state index in [0.29, 0.717) is 0 Å². The molecule has 0 heterocycles. The highest BCUT2D eigenvalue weighted by Crippen LogP contribution is 2.15. The summed E-state index contributed by atoms with van der Waals surface area (Å²) in [5.41, 5.74) is 1.39. The van der Waals surface area contributed by atoms with Gasteiger partial charge in [0.1, 0.15) is 17.1 Å².